The number of ether oxygens (including phenoxy) is 1. The second-order valence-electron chi connectivity index (χ2n) is 4.31. The van der Waals surface area contributed by atoms with Crippen LogP contribution in [0.25, 0.3) is 0 Å². The lowest BCUT2D eigenvalue weighted by Gasteiger charge is -2.19. The van der Waals surface area contributed by atoms with E-state index in [-0.39, 0.29) is 0 Å². The van der Waals surface area contributed by atoms with Crippen molar-refractivity contribution in [3.63, 3.8) is 0 Å². The van der Waals surface area contributed by atoms with Gasteiger partial charge in [-0.2, -0.15) is 0 Å². The summed E-state index contributed by atoms with van der Waals surface area (Å²) in [6, 6.07) is 0. The molecule has 1 N–H and O–H groups in total. The van der Waals surface area contributed by atoms with E-state index in [0.717, 1.165) is 5.82 Å². The maximum atomic E-state index is 11.3. The molecule has 0 aliphatic carbocycles. The molecule has 1 rings (SSSR count). The first-order chi connectivity index (χ1) is 6.88. The maximum Gasteiger partial charge on any atom is 0.408 e. The van der Waals surface area contributed by atoms with Crippen LogP contribution in [-0.2, 0) is 18.3 Å². The van der Waals surface area contributed by atoms with E-state index in [0.29, 0.717) is 6.54 Å². The van der Waals surface area contributed by atoms with E-state index in [9.17, 15) is 4.79 Å². The minimum atomic E-state index is -0.467. The molecule has 1 amide bonds. The number of carbonyl (C=O) groups excluding carboxylic acids is 1. The van der Waals surface area contributed by atoms with E-state index in [2.05, 4.69) is 10.3 Å². The molecule has 0 aromatic carbocycles. The summed E-state index contributed by atoms with van der Waals surface area (Å²) in [7, 11) is 1.87. The van der Waals surface area contributed by atoms with E-state index >= 15 is 0 Å². The Morgan fingerprint density at radius 1 is 1.60 bits per heavy atom. The Morgan fingerprint density at radius 2 is 2.27 bits per heavy atom. The highest BCUT2D eigenvalue weighted by Gasteiger charge is 2.15. The van der Waals surface area contributed by atoms with E-state index in [1.807, 2.05) is 38.6 Å². The Bertz CT molecular complexity index is 339. The fourth-order valence-electron chi connectivity index (χ4n) is 1.03. The summed E-state index contributed by atoms with van der Waals surface area (Å²) >= 11 is 0. The lowest BCUT2D eigenvalue weighted by Crippen LogP contribution is -2.32. The van der Waals surface area contributed by atoms with Gasteiger partial charge in [-0.15, -0.1) is 0 Å². The van der Waals surface area contributed by atoms with Gasteiger partial charge in [0.15, 0.2) is 0 Å². The number of hydrogen-bond donors (Lipinski definition) is 1. The second-order valence-corrected chi connectivity index (χ2v) is 4.31. The standard InChI is InChI=1S/C10H17N3O2/c1-10(2,3)15-9(14)12-7-8-11-5-6-13(8)4/h5-6H,7H2,1-4H3,(H,12,14). The molecule has 0 aliphatic heterocycles. The zero-order valence-corrected chi connectivity index (χ0v) is 9.57. The third-order valence-electron chi connectivity index (χ3n) is 1.71. The maximum absolute atomic E-state index is 11.3. The molecule has 0 unspecified atom stereocenters. The zero-order chi connectivity index (χ0) is 11.5. The molecule has 0 saturated carbocycles. The fourth-order valence-corrected chi connectivity index (χ4v) is 1.03. The quantitative estimate of drug-likeness (QED) is 0.805. The van der Waals surface area contributed by atoms with Crippen molar-refractivity contribution in [2.24, 2.45) is 7.05 Å². The molecule has 84 valence electrons. The molecule has 0 radical (unpaired) electrons. The van der Waals surface area contributed by atoms with Crippen LogP contribution in [0.4, 0.5) is 4.79 Å². The van der Waals surface area contributed by atoms with Crippen LogP contribution < -0.4 is 5.32 Å². The Labute approximate surface area is 89.4 Å². The van der Waals surface area contributed by atoms with Crippen LogP contribution in [0.3, 0.4) is 0 Å². The number of rotatable bonds is 2. The van der Waals surface area contributed by atoms with Crippen LogP contribution in [0.5, 0.6) is 0 Å². The highest BCUT2D eigenvalue weighted by atomic mass is 16.6. The van der Waals surface area contributed by atoms with Gasteiger partial charge in [0, 0.05) is 19.4 Å². The molecule has 15 heavy (non-hydrogen) atoms. The van der Waals surface area contributed by atoms with Crippen LogP contribution in [0.1, 0.15) is 26.6 Å². The van der Waals surface area contributed by atoms with Crippen LogP contribution in [0, 0.1) is 0 Å². The van der Waals surface area contributed by atoms with E-state index < -0.39 is 11.7 Å². The molecule has 1 aromatic rings. The molecule has 0 atom stereocenters. The third kappa shape index (κ3) is 4.01. The normalized spacial score (nSPS) is 11.2. The highest BCUT2D eigenvalue weighted by Crippen LogP contribution is 2.06. The molecule has 1 aromatic heterocycles. The third-order valence-corrected chi connectivity index (χ3v) is 1.71. The van der Waals surface area contributed by atoms with Gasteiger partial charge < -0.3 is 14.6 Å². The predicted octanol–water partition coefficient (Wildman–Crippen LogP) is 1.44. The van der Waals surface area contributed by atoms with Crippen LogP contribution >= 0.6 is 0 Å². The molecule has 0 spiro atoms. The monoisotopic (exact) mass is 211 g/mol. The fraction of sp³-hybridized carbons (Fsp3) is 0.600. The summed E-state index contributed by atoms with van der Waals surface area (Å²) in [5.41, 5.74) is -0.467. The summed E-state index contributed by atoms with van der Waals surface area (Å²) in [6.45, 7) is 5.85. The van der Waals surface area contributed by atoms with Gasteiger partial charge in [0.2, 0.25) is 0 Å². The van der Waals surface area contributed by atoms with Gasteiger partial charge in [-0.05, 0) is 20.8 Å². The van der Waals surface area contributed by atoms with Gasteiger partial charge in [-0.25, -0.2) is 9.78 Å². The number of aromatic nitrogens is 2. The average Bonchev–Trinajstić information content (AvgIpc) is 2.44. The molecule has 5 nitrogen and oxygen atoms in total. The number of imidazole rings is 1. The van der Waals surface area contributed by atoms with Crippen molar-refractivity contribution in [1.29, 1.82) is 0 Å². The molecule has 0 fully saturated rings. The molecule has 0 saturated heterocycles. The van der Waals surface area contributed by atoms with Crippen molar-refractivity contribution in [2.45, 2.75) is 32.9 Å². The van der Waals surface area contributed by atoms with Crippen molar-refractivity contribution in [1.82, 2.24) is 14.9 Å². The largest absolute Gasteiger partial charge is 0.444 e. The molecular weight excluding hydrogens is 194 g/mol. The number of amides is 1. The second kappa shape index (κ2) is 4.33. The smallest absolute Gasteiger partial charge is 0.408 e. The highest BCUT2D eigenvalue weighted by molar-refractivity contribution is 5.67. The van der Waals surface area contributed by atoms with Gasteiger partial charge in [-0.1, -0.05) is 0 Å². The topological polar surface area (TPSA) is 56.2 Å². The first kappa shape index (κ1) is 11.6. The zero-order valence-electron chi connectivity index (χ0n) is 9.57. The Hall–Kier alpha value is -1.52. The van der Waals surface area contributed by atoms with E-state index in [1.54, 1.807) is 6.20 Å². The number of alkyl carbamates (subject to hydrolysis) is 1. The SMILES string of the molecule is Cn1ccnc1CNC(=O)OC(C)(C)C. The molecule has 0 aliphatic rings. The molecule has 5 heteroatoms. The van der Waals surface area contributed by atoms with Crippen molar-refractivity contribution in [3.8, 4) is 0 Å². The van der Waals surface area contributed by atoms with Gasteiger partial charge >= 0.3 is 6.09 Å². The summed E-state index contributed by atoms with van der Waals surface area (Å²) < 4.78 is 6.93. The first-order valence-corrected chi connectivity index (χ1v) is 4.81. The van der Waals surface area contributed by atoms with E-state index in [4.69, 9.17) is 4.74 Å². The average molecular weight is 211 g/mol. The summed E-state index contributed by atoms with van der Waals surface area (Å²) in [5.74, 6) is 0.792. The summed E-state index contributed by atoms with van der Waals surface area (Å²) in [6.07, 6.45) is 3.09. The minimum Gasteiger partial charge on any atom is -0.444 e. The Morgan fingerprint density at radius 3 is 2.73 bits per heavy atom. The number of nitrogens with zero attached hydrogens (tertiary/aromatic N) is 2. The molecule has 1 heterocycles. The van der Waals surface area contributed by atoms with Gasteiger partial charge in [0.1, 0.15) is 11.4 Å². The van der Waals surface area contributed by atoms with Gasteiger partial charge in [0.05, 0.1) is 6.54 Å². The Kier molecular flexibility index (Phi) is 3.34. The van der Waals surface area contributed by atoms with E-state index in [1.165, 1.54) is 0 Å². The Balaban J connectivity index is 2.38. The van der Waals surface area contributed by atoms with Crippen molar-refractivity contribution in [3.05, 3.63) is 18.2 Å². The number of aryl methyl sites for hydroxylation is 1. The van der Waals surface area contributed by atoms with Crippen molar-refractivity contribution in [2.75, 3.05) is 0 Å². The van der Waals surface area contributed by atoms with Crippen molar-refractivity contribution >= 4 is 6.09 Å². The predicted molar refractivity (Wildman–Crippen MR) is 56.3 cm³/mol. The number of carbonyl (C=O) groups is 1. The van der Waals surface area contributed by atoms with Crippen LogP contribution in [0.2, 0.25) is 0 Å². The van der Waals surface area contributed by atoms with Gasteiger partial charge in [0.25, 0.3) is 0 Å². The molecular formula is C10H17N3O2. The van der Waals surface area contributed by atoms with Crippen LogP contribution in [-0.4, -0.2) is 21.2 Å². The lowest BCUT2D eigenvalue weighted by atomic mass is 10.2. The summed E-state index contributed by atoms with van der Waals surface area (Å²) in [4.78, 5) is 15.4. The first-order valence-electron chi connectivity index (χ1n) is 4.81. The minimum absolute atomic E-state index is 0.373. The number of hydrogen-bond acceptors (Lipinski definition) is 3. The number of nitrogens with one attached hydrogen (secondary N) is 1. The van der Waals surface area contributed by atoms with Gasteiger partial charge in [-0.3, -0.25) is 0 Å². The van der Waals surface area contributed by atoms with Crippen molar-refractivity contribution < 1.29 is 9.53 Å². The summed E-state index contributed by atoms with van der Waals surface area (Å²) in [5, 5.41) is 2.64. The lowest BCUT2D eigenvalue weighted by molar-refractivity contribution is 0.0522. The molecule has 0 bridgehead atoms. The van der Waals surface area contributed by atoms with Crippen LogP contribution in [0.15, 0.2) is 12.4 Å².